The number of likely N-dealkylation sites (N-methyl/N-ethyl adjacent to an activating group) is 2. The van der Waals surface area contributed by atoms with Crippen molar-refractivity contribution in [3.8, 4) is 0 Å². The van der Waals surface area contributed by atoms with Crippen LogP contribution in [-0.2, 0) is 11.2 Å². The third kappa shape index (κ3) is 1.96. The first-order valence-corrected chi connectivity index (χ1v) is 5.65. The SMILES string of the molecule is CNC(C)C(=O)c1ccc2c(c1)CC(=O)N2C. The van der Waals surface area contributed by atoms with E-state index in [0.29, 0.717) is 12.0 Å². The lowest BCUT2D eigenvalue weighted by Gasteiger charge is -2.12. The Hall–Kier alpha value is -1.68. The third-order valence-corrected chi connectivity index (χ3v) is 3.27. The number of benzene rings is 1. The van der Waals surface area contributed by atoms with Crippen LogP contribution in [0, 0.1) is 0 Å². The summed E-state index contributed by atoms with van der Waals surface area (Å²) >= 11 is 0. The fourth-order valence-electron chi connectivity index (χ4n) is 2.00. The molecule has 1 aliphatic heterocycles. The first kappa shape index (κ1) is 11.8. The van der Waals surface area contributed by atoms with Crippen molar-refractivity contribution in [1.82, 2.24) is 5.32 Å². The van der Waals surface area contributed by atoms with Gasteiger partial charge in [0.1, 0.15) is 0 Å². The summed E-state index contributed by atoms with van der Waals surface area (Å²) in [6.45, 7) is 1.83. The Balaban J connectivity index is 2.33. The molecule has 17 heavy (non-hydrogen) atoms. The van der Waals surface area contributed by atoms with Crippen LogP contribution >= 0.6 is 0 Å². The molecule has 1 heterocycles. The van der Waals surface area contributed by atoms with Crippen LogP contribution in [0.2, 0.25) is 0 Å². The molecule has 4 heteroatoms. The molecule has 1 aliphatic rings. The molecule has 0 radical (unpaired) electrons. The van der Waals surface area contributed by atoms with E-state index in [-0.39, 0.29) is 17.7 Å². The molecule has 1 aromatic carbocycles. The number of amides is 1. The van der Waals surface area contributed by atoms with Crippen molar-refractivity contribution in [2.75, 3.05) is 19.0 Å². The number of Topliss-reactive ketones (excluding diaryl/α,β-unsaturated/α-hetero) is 1. The van der Waals surface area contributed by atoms with E-state index >= 15 is 0 Å². The van der Waals surface area contributed by atoms with Gasteiger partial charge >= 0.3 is 0 Å². The Kier molecular flexibility index (Phi) is 2.98. The molecule has 1 N–H and O–H groups in total. The second-order valence-corrected chi connectivity index (χ2v) is 4.35. The average Bonchev–Trinajstić information content (AvgIpc) is 2.62. The van der Waals surface area contributed by atoms with Crippen molar-refractivity contribution < 1.29 is 9.59 Å². The number of fused-ring (bicyclic) bond motifs is 1. The van der Waals surface area contributed by atoms with Crippen LogP contribution in [0.25, 0.3) is 0 Å². The van der Waals surface area contributed by atoms with Gasteiger partial charge in [-0.05, 0) is 37.7 Å². The van der Waals surface area contributed by atoms with Crippen LogP contribution in [0.4, 0.5) is 5.69 Å². The van der Waals surface area contributed by atoms with E-state index in [0.717, 1.165) is 11.3 Å². The molecular weight excluding hydrogens is 216 g/mol. The molecule has 0 spiro atoms. The van der Waals surface area contributed by atoms with E-state index in [1.165, 1.54) is 0 Å². The second kappa shape index (κ2) is 4.30. The van der Waals surface area contributed by atoms with E-state index in [1.807, 2.05) is 19.1 Å². The lowest BCUT2D eigenvalue weighted by molar-refractivity contribution is -0.117. The Morgan fingerprint density at radius 3 is 2.82 bits per heavy atom. The molecule has 0 bridgehead atoms. The van der Waals surface area contributed by atoms with E-state index < -0.39 is 0 Å². The highest BCUT2D eigenvalue weighted by Crippen LogP contribution is 2.28. The standard InChI is InChI=1S/C13H16N2O2/c1-8(14-2)13(17)9-4-5-11-10(6-9)7-12(16)15(11)3/h4-6,8,14H,7H2,1-3H3. The number of ketones is 1. The van der Waals surface area contributed by atoms with Crippen LogP contribution in [-0.4, -0.2) is 31.8 Å². The minimum absolute atomic E-state index is 0.0531. The van der Waals surface area contributed by atoms with Crippen LogP contribution in [0.1, 0.15) is 22.8 Å². The number of anilines is 1. The Morgan fingerprint density at radius 2 is 2.18 bits per heavy atom. The molecule has 0 aromatic heterocycles. The first-order chi connectivity index (χ1) is 8.04. The van der Waals surface area contributed by atoms with Gasteiger partial charge in [-0.25, -0.2) is 0 Å². The number of carbonyl (C=O) groups excluding carboxylic acids is 2. The van der Waals surface area contributed by atoms with Gasteiger partial charge in [0.15, 0.2) is 5.78 Å². The summed E-state index contributed by atoms with van der Waals surface area (Å²) in [7, 11) is 3.51. The zero-order valence-corrected chi connectivity index (χ0v) is 10.3. The zero-order valence-electron chi connectivity index (χ0n) is 10.3. The van der Waals surface area contributed by atoms with Crippen molar-refractivity contribution in [2.45, 2.75) is 19.4 Å². The predicted octanol–water partition coefficient (Wildman–Crippen LogP) is 0.996. The molecular formula is C13H16N2O2. The van der Waals surface area contributed by atoms with Gasteiger partial charge in [0.2, 0.25) is 5.91 Å². The van der Waals surface area contributed by atoms with Crippen molar-refractivity contribution in [3.05, 3.63) is 29.3 Å². The number of carbonyl (C=O) groups is 2. The fourth-order valence-corrected chi connectivity index (χ4v) is 2.00. The largest absolute Gasteiger partial charge is 0.315 e. The molecule has 4 nitrogen and oxygen atoms in total. The molecule has 0 saturated heterocycles. The van der Waals surface area contributed by atoms with Crippen molar-refractivity contribution >= 4 is 17.4 Å². The predicted molar refractivity (Wildman–Crippen MR) is 66.4 cm³/mol. The fraction of sp³-hybridized carbons (Fsp3) is 0.385. The summed E-state index contributed by atoms with van der Waals surface area (Å²) in [6, 6.07) is 5.25. The smallest absolute Gasteiger partial charge is 0.231 e. The number of rotatable bonds is 3. The highest BCUT2D eigenvalue weighted by Gasteiger charge is 2.25. The summed E-state index contributed by atoms with van der Waals surface area (Å²) in [5, 5.41) is 2.92. The number of nitrogens with one attached hydrogen (secondary N) is 1. The van der Waals surface area contributed by atoms with Gasteiger partial charge in [-0.3, -0.25) is 9.59 Å². The molecule has 0 saturated carbocycles. The van der Waals surface area contributed by atoms with E-state index in [2.05, 4.69) is 5.32 Å². The van der Waals surface area contributed by atoms with Crippen molar-refractivity contribution in [2.24, 2.45) is 0 Å². The van der Waals surface area contributed by atoms with Crippen molar-refractivity contribution in [1.29, 1.82) is 0 Å². The Labute approximate surface area is 101 Å². The molecule has 1 atom stereocenters. The van der Waals surface area contributed by atoms with Gasteiger partial charge in [-0.15, -0.1) is 0 Å². The normalized spacial score (nSPS) is 15.9. The lowest BCUT2D eigenvalue weighted by Crippen LogP contribution is -2.30. The quantitative estimate of drug-likeness (QED) is 0.791. The summed E-state index contributed by atoms with van der Waals surface area (Å²) in [5.41, 5.74) is 2.50. The molecule has 1 aromatic rings. The van der Waals surface area contributed by atoms with Gasteiger partial charge in [0.25, 0.3) is 0 Å². The molecule has 90 valence electrons. The molecule has 2 rings (SSSR count). The number of hydrogen-bond donors (Lipinski definition) is 1. The highest BCUT2D eigenvalue weighted by atomic mass is 16.2. The van der Waals surface area contributed by atoms with Gasteiger partial charge in [-0.1, -0.05) is 0 Å². The van der Waals surface area contributed by atoms with Gasteiger partial charge in [-0.2, -0.15) is 0 Å². The van der Waals surface area contributed by atoms with E-state index in [9.17, 15) is 9.59 Å². The Bertz CT molecular complexity index is 482. The lowest BCUT2D eigenvalue weighted by atomic mass is 10.0. The number of nitrogens with zero attached hydrogens (tertiary/aromatic N) is 1. The first-order valence-electron chi connectivity index (χ1n) is 5.65. The van der Waals surface area contributed by atoms with E-state index in [1.54, 1.807) is 25.1 Å². The highest BCUT2D eigenvalue weighted by molar-refractivity contribution is 6.04. The van der Waals surface area contributed by atoms with Crippen molar-refractivity contribution in [3.63, 3.8) is 0 Å². The van der Waals surface area contributed by atoms with Crippen LogP contribution in [0.15, 0.2) is 18.2 Å². The monoisotopic (exact) mass is 232 g/mol. The summed E-state index contributed by atoms with van der Waals surface area (Å²) in [4.78, 5) is 25.1. The summed E-state index contributed by atoms with van der Waals surface area (Å²) in [5.74, 6) is 0.128. The molecule has 0 fully saturated rings. The van der Waals surface area contributed by atoms with Gasteiger partial charge < -0.3 is 10.2 Å². The van der Waals surface area contributed by atoms with Crippen LogP contribution in [0.5, 0.6) is 0 Å². The zero-order chi connectivity index (χ0) is 12.6. The van der Waals surface area contributed by atoms with Crippen LogP contribution < -0.4 is 10.2 Å². The second-order valence-electron chi connectivity index (χ2n) is 4.35. The molecule has 1 amide bonds. The topological polar surface area (TPSA) is 49.4 Å². The maximum atomic E-state index is 12.0. The third-order valence-electron chi connectivity index (χ3n) is 3.27. The average molecular weight is 232 g/mol. The van der Waals surface area contributed by atoms with E-state index in [4.69, 9.17) is 0 Å². The Morgan fingerprint density at radius 1 is 1.47 bits per heavy atom. The summed E-state index contributed by atoms with van der Waals surface area (Å²) in [6.07, 6.45) is 0.390. The number of hydrogen-bond acceptors (Lipinski definition) is 3. The summed E-state index contributed by atoms with van der Waals surface area (Å²) < 4.78 is 0. The minimum Gasteiger partial charge on any atom is -0.315 e. The van der Waals surface area contributed by atoms with Gasteiger partial charge in [0, 0.05) is 18.3 Å². The van der Waals surface area contributed by atoms with Crippen LogP contribution in [0.3, 0.4) is 0 Å². The minimum atomic E-state index is -0.206. The maximum Gasteiger partial charge on any atom is 0.231 e. The molecule has 0 aliphatic carbocycles. The van der Waals surface area contributed by atoms with Gasteiger partial charge in [0.05, 0.1) is 12.5 Å². The maximum absolute atomic E-state index is 12.0. The molecule has 1 unspecified atom stereocenters.